The molecule has 2 aromatic rings. The SMILES string of the molecule is CC(C)(C)NOc1ccc(-n2ccnc2)cc1. The number of nitrogens with zero attached hydrogens (tertiary/aromatic N) is 2. The molecule has 1 N–H and O–H groups in total. The summed E-state index contributed by atoms with van der Waals surface area (Å²) in [5.41, 5.74) is 3.97. The van der Waals surface area contributed by atoms with Crippen molar-refractivity contribution in [3.63, 3.8) is 0 Å². The summed E-state index contributed by atoms with van der Waals surface area (Å²) in [6.07, 6.45) is 5.43. The lowest BCUT2D eigenvalue weighted by Gasteiger charge is -2.20. The van der Waals surface area contributed by atoms with E-state index in [9.17, 15) is 0 Å². The Balaban J connectivity index is 2.04. The Hall–Kier alpha value is -1.81. The van der Waals surface area contributed by atoms with Crippen molar-refractivity contribution in [3.8, 4) is 11.4 Å². The molecule has 1 aromatic carbocycles. The van der Waals surface area contributed by atoms with E-state index in [1.807, 2.05) is 55.8 Å². The molecule has 17 heavy (non-hydrogen) atoms. The van der Waals surface area contributed by atoms with Gasteiger partial charge in [0.25, 0.3) is 0 Å². The van der Waals surface area contributed by atoms with E-state index in [1.54, 1.807) is 12.5 Å². The highest BCUT2D eigenvalue weighted by Gasteiger charge is 2.09. The van der Waals surface area contributed by atoms with E-state index < -0.39 is 0 Å². The second-order valence-corrected chi connectivity index (χ2v) is 4.92. The van der Waals surface area contributed by atoms with Crippen LogP contribution >= 0.6 is 0 Å². The molecule has 0 amide bonds. The third-order valence-corrected chi connectivity index (χ3v) is 2.11. The topological polar surface area (TPSA) is 39.1 Å². The average Bonchev–Trinajstić information content (AvgIpc) is 2.79. The predicted molar refractivity (Wildman–Crippen MR) is 67.1 cm³/mol. The van der Waals surface area contributed by atoms with Crippen molar-refractivity contribution in [1.29, 1.82) is 0 Å². The van der Waals surface area contributed by atoms with Gasteiger partial charge in [-0.25, -0.2) is 4.98 Å². The maximum atomic E-state index is 5.47. The number of rotatable bonds is 3. The number of aromatic nitrogens is 2. The van der Waals surface area contributed by atoms with Gasteiger partial charge in [-0.05, 0) is 45.0 Å². The van der Waals surface area contributed by atoms with Crippen molar-refractivity contribution in [2.24, 2.45) is 0 Å². The Kier molecular flexibility index (Phi) is 3.15. The third kappa shape index (κ3) is 3.32. The second-order valence-electron chi connectivity index (χ2n) is 4.92. The molecule has 0 saturated heterocycles. The van der Waals surface area contributed by atoms with Crippen molar-refractivity contribution in [2.75, 3.05) is 0 Å². The number of benzene rings is 1. The summed E-state index contributed by atoms with van der Waals surface area (Å²) in [6.45, 7) is 6.15. The first-order valence-electron chi connectivity index (χ1n) is 5.57. The fourth-order valence-electron chi connectivity index (χ4n) is 1.31. The van der Waals surface area contributed by atoms with Crippen LogP contribution < -0.4 is 10.3 Å². The zero-order chi connectivity index (χ0) is 12.3. The van der Waals surface area contributed by atoms with E-state index >= 15 is 0 Å². The van der Waals surface area contributed by atoms with Crippen LogP contribution in [-0.2, 0) is 0 Å². The van der Waals surface area contributed by atoms with E-state index in [2.05, 4.69) is 10.5 Å². The molecule has 0 unspecified atom stereocenters. The number of imidazole rings is 1. The standard InChI is InChI=1S/C13H17N3O/c1-13(2,3)15-17-12-6-4-11(5-7-12)16-9-8-14-10-16/h4-10,15H,1-3H3. The lowest BCUT2D eigenvalue weighted by atomic mass is 10.1. The summed E-state index contributed by atoms with van der Waals surface area (Å²) in [6, 6.07) is 7.82. The van der Waals surface area contributed by atoms with Crippen molar-refractivity contribution in [2.45, 2.75) is 26.3 Å². The van der Waals surface area contributed by atoms with Gasteiger partial charge in [-0.1, -0.05) is 0 Å². The summed E-state index contributed by atoms with van der Waals surface area (Å²) in [5.74, 6) is 0.795. The Morgan fingerprint density at radius 1 is 1.18 bits per heavy atom. The van der Waals surface area contributed by atoms with E-state index in [4.69, 9.17) is 4.84 Å². The highest BCUT2D eigenvalue weighted by atomic mass is 16.6. The maximum Gasteiger partial charge on any atom is 0.147 e. The normalized spacial score (nSPS) is 11.5. The van der Waals surface area contributed by atoms with Crippen LogP contribution in [0.15, 0.2) is 43.0 Å². The molecule has 0 bridgehead atoms. The van der Waals surface area contributed by atoms with Gasteiger partial charge < -0.3 is 9.40 Å². The Bertz CT molecular complexity index is 454. The molecule has 0 saturated carbocycles. The molecule has 0 spiro atoms. The first kappa shape index (κ1) is 11.7. The zero-order valence-corrected chi connectivity index (χ0v) is 10.3. The van der Waals surface area contributed by atoms with Crippen LogP contribution in [0, 0.1) is 0 Å². The van der Waals surface area contributed by atoms with Crippen molar-refractivity contribution < 1.29 is 4.84 Å². The number of nitrogens with one attached hydrogen (secondary N) is 1. The highest BCUT2D eigenvalue weighted by molar-refractivity contribution is 5.37. The molecule has 4 nitrogen and oxygen atoms in total. The zero-order valence-electron chi connectivity index (χ0n) is 10.3. The van der Waals surface area contributed by atoms with E-state index in [0.29, 0.717) is 0 Å². The molecule has 4 heteroatoms. The second kappa shape index (κ2) is 4.59. The third-order valence-electron chi connectivity index (χ3n) is 2.11. The minimum absolute atomic E-state index is 0.0664. The molecule has 0 aliphatic carbocycles. The summed E-state index contributed by atoms with van der Waals surface area (Å²) in [4.78, 5) is 9.48. The Morgan fingerprint density at radius 3 is 2.41 bits per heavy atom. The Labute approximate surface area is 101 Å². The Morgan fingerprint density at radius 2 is 1.88 bits per heavy atom. The number of hydroxylamine groups is 1. The van der Waals surface area contributed by atoms with Gasteiger partial charge in [0.15, 0.2) is 0 Å². The molecular weight excluding hydrogens is 214 g/mol. The van der Waals surface area contributed by atoms with Gasteiger partial charge >= 0.3 is 0 Å². The van der Waals surface area contributed by atoms with Crippen LogP contribution in [0.1, 0.15) is 20.8 Å². The number of hydrogen-bond donors (Lipinski definition) is 1. The van der Waals surface area contributed by atoms with Crippen LogP contribution in [0.3, 0.4) is 0 Å². The quantitative estimate of drug-likeness (QED) is 0.825. The van der Waals surface area contributed by atoms with E-state index in [0.717, 1.165) is 11.4 Å². The fourth-order valence-corrected chi connectivity index (χ4v) is 1.31. The first-order valence-corrected chi connectivity index (χ1v) is 5.57. The van der Waals surface area contributed by atoms with Gasteiger partial charge in [0, 0.05) is 23.6 Å². The van der Waals surface area contributed by atoms with Crippen LogP contribution in [0.25, 0.3) is 5.69 Å². The molecule has 0 aliphatic rings. The highest BCUT2D eigenvalue weighted by Crippen LogP contribution is 2.15. The van der Waals surface area contributed by atoms with Crippen molar-refractivity contribution in [1.82, 2.24) is 15.0 Å². The van der Waals surface area contributed by atoms with Crippen LogP contribution in [0.2, 0.25) is 0 Å². The first-order chi connectivity index (χ1) is 8.04. The minimum Gasteiger partial charge on any atom is -0.408 e. The van der Waals surface area contributed by atoms with Crippen LogP contribution in [0.4, 0.5) is 0 Å². The summed E-state index contributed by atoms with van der Waals surface area (Å²) in [5, 5.41) is 0. The molecule has 1 heterocycles. The van der Waals surface area contributed by atoms with Crippen molar-refractivity contribution >= 4 is 0 Å². The van der Waals surface area contributed by atoms with Crippen LogP contribution in [0.5, 0.6) is 5.75 Å². The summed E-state index contributed by atoms with van der Waals surface area (Å²) >= 11 is 0. The van der Waals surface area contributed by atoms with Gasteiger partial charge in [0.2, 0.25) is 0 Å². The molecular formula is C13H17N3O. The molecule has 2 rings (SSSR count). The molecule has 0 atom stereocenters. The van der Waals surface area contributed by atoms with Gasteiger partial charge in [0.05, 0.1) is 6.33 Å². The lowest BCUT2D eigenvalue weighted by molar-refractivity contribution is 0.119. The van der Waals surface area contributed by atoms with Gasteiger partial charge in [-0.3, -0.25) is 0 Å². The summed E-state index contributed by atoms with van der Waals surface area (Å²) < 4.78 is 1.95. The molecule has 0 fully saturated rings. The molecule has 0 radical (unpaired) electrons. The van der Waals surface area contributed by atoms with E-state index in [-0.39, 0.29) is 5.54 Å². The fraction of sp³-hybridized carbons (Fsp3) is 0.308. The van der Waals surface area contributed by atoms with Crippen molar-refractivity contribution in [3.05, 3.63) is 43.0 Å². The number of hydrogen-bond acceptors (Lipinski definition) is 3. The lowest BCUT2D eigenvalue weighted by Crippen LogP contribution is -2.38. The average molecular weight is 231 g/mol. The molecule has 1 aromatic heterocycles. The van der Waals surface area contributed by atoms with E-state index in [1.165, 1.54) is 0 Å². The van der Waals surface area contributed by atoms with Gasteiger partial charge in [0.1, 0.15) is 5.75 Å². The molecule has 0 aliphatic heterocycles. The van der Waals surface area contributed by atoms with Gasteiger partial charge in [-0.15, -0.1) is 0 Å². The minimum atomic E-state index is -0.0664. The predicted octanol–water partition coefficient (Wildman–Crippen LogP) is 2.55. The van der Waals surface area contributed by atoms with Crippen LogP contribution in [-0.4, -0.2) is 15.1 Å². The largest absolute Gasteiger partial charge is 0.408 e. The smallest absolute Gasteiger partial charge is 0.147 e. The monoisotopic (exact) mass is 231 g/mol. The summed E-state index contributed by atoms with van der Waals surface area (Å²) in [7, 11) is 0. The maximum absolute atomic E-state index is 5.47. The van der Waals surface area contributed by atoms with Gasteiger partial charge in [-0.2, -0.15) is 5.48 Å². The molecule has 90 valence electrons.